The Balaban J connectivity index is 2.03. The van der Waals surface area contributed by atoms with Gasteiger partial charge < -0.3 is 28.4 Å². The summed E-state index contributed by atoms with van der Waals surface area (Å²) in [6, 6.07) is -0.379. The second-order valence-electron chi connectivity index (χ2n) is 6.09. The molecule has 0 aromatic heterocycles. The lowest BCUT2D eigenvalue weighted by molar-refractivity contribution is -0.303. The first-order valence-corrected chi connectivity index (χ1v) is 8.13. The van der Waals surface area contributed by atoms with Gasteiger partial charge in [-0.15, -0.1) is 0 Å². The van der Waals surface area contributed by atoms with Gasteiger partial charge >= 0.3 is 0 Å². The molecule has 24 heavy (non-hydrogen) atoms. The standard InChI is InChI=1S/C15H27N3O6/c1-8-14(17-18-16)10(19-3)6-13(22-8)24-15-9(2)23-12(21-5)7-11(15)20-4/h8-15H,6-7H2,1-5H3/t8-,9-,10-,11-,12?,13-,14-,15-/m0/s1. The largest absolute Gasteiger partial charge is 0.381 e. The van der Waals surface area contributed by atoms with E-state index in [1.54, 1.807) is 21.3 Å². The highest BCUT2D eigenvalue weighted by atomic mass is 16.7. The molecule has 0 N–H and O–H groups in total. The topological polar surface area (TPSA) is 104 Å². The third-order valence-electron chi connectivity index (χ3n) is 4.64. The quantitative estimate of drug-likeness (QED) is 0.414. The van der Waals surface area contributed by atoms with Gasteiger partial charge in [-0.3, -0.25) is 0 Å². The maximum Gasteiger partial charge on any atom is 0.161 e. The molecule has 2 rings (SSSR count). The summed E-state index contributed by atoms with van der Waals surface area (Å²) in [5.74, 6) is 0. The number of hydrogen-bond donors (Lipinski definition) is 0. The van der Waals surface area contributed by atoms with Gasteiger partial charge in [-0.05, 0) is 19.4 Å². The Bertz CT molecular complexity index is 447. The lowest BCUT2D eigenvalue weighted by Gasteiger charge is -2.43. The highest BCUT2D eigenvalue weighted by Crippen LogP contribution is 2.31. The Kier molecular flexibility index (Phi) is 7.24. The Morgan fingerprint density at radius 2 is 1.54 bits per heavy atom. The lowest BCUT2D eigenvalue weighted by Crippen LogP contribution is -2.54. The molecule has 0 radical (unpaired) electrons. The van der Waals surface area contributed by atoms with Crippen LogP contribution in [0.2, 0.25) is 0 Å². The predicted molar refractivity (Wildman–Crippen MR) is 84.3 cm³/mol. The van der Waals surface area contributed by atoms with Crippen LogP contribution in [0.15, 0.2) is 5.11 Å². The van der Waals surface area contributed by atoms with Crippen molar-refractivity contribution in [2.75, 3.05) is 21.3 Å². The number of azide groups is 1. The van der Waals surface area contributed by atoms with Crippen LogP contribution in [-0.2, 0) is 28.4 Å². The highest BCUT2D eigenvalue weighted by molar-refractivity contribution is 4.90. The number of ether oxygens (including phenoxy) is 6. The summed E-state index contributed by atoms with van der Waals surface area (Å²) in [7, 11) is 4.84. The number of hydrogen-bond acceptors (Lipinski definition) is 7. The van der Waals surface area contributed by atoms with E-state index in [1.807, 2.05) is 13.8 Å². The van der Waals surface area contributed by atoms with Crippen LogP contribution in [0.1, 0.15) is 26.7 Å². The van der Waals surface area contributed by atoms with Gasteiger partial charge in [0.15, 0.2) is 12.6 Å². The molecule has 0 aromatic carbocycles. The summed E-state index contributed by atoms with van der Waals surface area (Å²) in [4.78, 5) is 2.87. The zero-order valence-corrected chi connectivity index (χ0v) is 14.8. The van der Waals surface area contributed by atoms with Crippen LogP contribution in [-0.4, -0.2) is 70.5 Å². The molecule has 2 fully saturated rings. The fraction of sp³-hybridized carbons (Fsp3) is 1.00. The molecule has 0 aliphatic carbocycles. The molecule has 2 heterocycles. The van der Waals surface area contributed by atoms with E-state index in [2.05, 4.69) is 10.0 Å². The SMILES string of the molecule is COC1C[C@H](OC)[C@@H](O[C@H]2C[C@H](OC)[C@@H](N=[N+]=[N-])[C@H](C)O2)[C@H](C)O1. The van der Waals surface area contributed by atoms with Crippen molar-refractivity contribution < 1.29 is 28.4 Å². The van der Waals surface area contributed by atoms with Gasteiger partial charge in [0.05, 0.1) is 30.5 Å². The second kappa shape index (κ2) is 8.96. The minimum Gasteiger partial charge on any atom is -0.381 e. The van der Waals surface area contributed by atoms with E-state index in [1.165, 1.54) is 0 Å². The zero-order valence-electron chi connectivity index (χ0n) is 14.8. The smallest absolute Gasteiger partial charge is 0.161 e. The summed E-state index contributed by atoms with van der Waals surface area (Å²) >= 11 is 0. The Labute approximate surface area is 142 Å². The van der Waals surface area contributed by atoms with E-state index in [9.17, 15) is 0 Å². The Morgan fingerprint density at radius 3 is 2.12 bits per heavy atom. The molecule has 2 aliphatic heterocycles. The number of methoxy groups -OCH3 is 3. The number of rotatable bonds is 6. The molecule has 2 saturated heterocycles. The molecular weight excluding hydrogens is 318 g/mol. The molecule has 2 aliphatic rings. The van der Waals surface area contributed by atoms with Gasteiger partial charge in [-0.25, -0.2) is 0 Å². The van der Waals surface area contributed by atoms with Crippen molar-refractivity contribution in [1.82, 2.24) is 0 Å². The van der Waals surface area contributed by atoms with Crippen molar-refractivity contribution in [3.63, 3.8) is 0 Å². The second-order valence-corrected chi connectivity index (χ2v) is 6.09. The van der Waals surface area contributed by atoms with Crippen LogP contribution in [0.3, 0.4) is 0 Å². The third-order valence-corrected chi connectivity index (χ3v) is 4.64. The summed E-state index contributed by atoms with van der Waals surface area (Å²) in [5.41, 5.74) is 8.70. The average molecular weight is 345 g/mol. The van der Waals surface area contributed by atoms with Crippen molar-refractivity contribution >= 4 is 0 Å². The van der Waals surface area contributed by atoms with Crippen LogP contribution in [0.5, 0.6) is 0 Å². The molecule has 1 unspecified atom stereocenters. The summed E-state index contributed by atoms with van der Waals surface area (Å²) in [5, 5.41) is 3.77. The first-order chi connectivity index (χ1) is 11.5. The maximum absolute atomic E-state index is 8.70. The van der Waals surface area contributed by atoms with Gasteiger partial charge in [0.2, 0.25) is 0 Å². The van der Waals surface area contributed by atoms with E-state index in [0.29, 0.717) is 12.8 Å². The number of nitrogens with zero attached hydrogens (tertiary/aromatic N) is 3. The highest BCUT2D eigenvalue weighted by Gasteiger charge is 2.43. The molecule has 0 amide bonds. The molecule has 8 atom stereocenters. The molecule has 9 heteroatoms. The first kappa shape index (κ1) is 19.4. The molecule has 0 saturated carbocycles. The third kappa shape index (κ3) is 4.37. The fourth-order valence-electron chi connectivity index (χ4n) is 3.31. The zero-order chi connectivity index (χ0) is 17.7. The maximum atomic E-state index is 8.70. The van der Waals surface area contributed by atoms with E-state index in [0.717, 1.165) is 0 Å². The summed E-state index contributed by atoms with van der Waals surface area (Å²) in [6.07, 6.45) is -0.958. The van der Waals surface area contributed by atoms with Gasteiger partial charge in [0.25, 0.3) is 0 Å². The van der Waals surface area contributed by atoms with Crippen molar-refractivity contribution in [3.8, 4) is 0 Å². The van der Waals surface area contributed by atoms with Crippen LogP contribution in [0.25, 0.3) is 10.4 Å². The monoisotopic (exact) mass is 345 g/mol. The summed E-state index contributed by atoms with van der Waals surface area (Å²) < 4.78 is 34.1. The van der Waals surface area contributed by atoms with Crippen molar-refractivity contribution in [2.24, 2.45) is 5.11 Å². The minimum atomic E-state index is -0.483. The van der Waals surface area contributed by atoms with E-state index < -0.39 is 6.29 Å². The normalized spacial score (nSPS) is 43.2. The fourth-order valence-corrected chi connectivity index (χ4v) is 3.31. The predicted octanol–water partition coefficient (Wildman–Crippen LogP) is 2.00. The van der Waals surface area contributed by atoms with E-state index in [-0.39, 0.29) is 42.9 Å². The van der Waals surface area contributed by atoms with Crippen LogP contribution in [0.4, 0.5) is 0 Å². The van der Waals surface area contributed by atoms with Gasteiger partial charge in [0.1, 0.15) is 6.10 Å². The van der Waals surface area contributed by atoms with E-state index >= 15 is 0 Å². The Morgan fingerprint density at radius 1 is 0.917 bits per heavy atom. The lowest BCUT2D eigenvalue weighted by atomic mass is 9.99. The molecule has 9 nitrogen and oxygen atoms in total. The molecular formula is C15H27N3O6. The van der Waals surface area contributed by atoms with Crippen LogP contribution >= 0.6 is 0 Å². The van der Waals surface area contributed by atoms with Crippen molar-refractivity contribution in [1.29, 1.82) is 0 Å². The van der Waals surface area contributed by atoms with Crippen molar-refractivity contribution in [3.05, 3.63) is 10.4 Å². The van der Waals surface area contributed by atoms with E-state index in [4.69, 9.17) is 34.0 Å². The van der Waals surface area contributed by atoms with Crippen molar-refractivity contribution in [2.45, 2.75) is 75.8 Å². The molecule has 0 aromatic rings. The first-order valence-electron chi connectivity index (χ1n) is 8.13. The average Bonchev–Trinajstić information content (AvgIpc) is 2.58. The van der Waals surface area contributed by atoms with Gasteiger partial charge in [-0.2, -0.15) is 0 Å². The van der Waals surface area contributed by atoms with Crippen LogP contribution in [0, 0.1) is 0 Å². The Hall–Kier alpha value is -0.930. The molecule has 138 valence electrons. The van der Waals surface area contributed by atoms with Crippen LogP contribution < -0.4 is 0 Å². The van der Waals surface area contributed by atoms with Gasteiger partial charge in [-0.1, -0.05) is 5.11 Å². The molecule has 0 bridgehead atoms. The van der Waals surface area contributed by atoms with Gasteiger partial charge in [0, 0.05) is 39.1 Å². The minimum absolute atomic E-state index is 0.159. The molecule has 0 spiro atoms. The summed E-state index contributed by atoms with van der Waals surface area (Å²) in [6.45, 7) is 3.77.